The summed E-state index contributed by atoms with van der Waals surface area (Å²) in [4.78, 5) is 36.0. The smallest absolute Gasteiger partial charge is 0.328 e. The van der Waals surface area contributed by atoms with Crippen LogP contribution in [0.4, 0.5) is 0 Å². The van der Waals surface area contributed by atoms with Crippen LogP contribution in [0.15, 0.2) is 54.6 Å². The highest BCUT2D eigenvalue weighted by atomic mass is 35.5. The molecule has 0 bridgehead atoms. The highest BCUT2D eigenvalue weighted by Crippen LogP contribution is 2.17. The lowest BCUT2D eigenvalue weighted by molar-refractivity contribution is -0.144. The first-order valence-electron chi connectivity index (χ1n) is 7.95. The lowest BCUT2D eigenvalue weighted by atomic mass is 10.1. The van der Waals surface area contributed by atoms with Crippen molar-refractivity contribution >= 4 is 29.4 Å². The molecule has 0 aliphatic heterocycles. The summed E-state index contributed by atoms with van der Waals surface area (Å²) in [6.45, 7) is -0.260. The molecule has 0 aromatic heterocycles. The Bertz CT molecular complexity index is 780. The van der Waals surface area contributed by atoms with Crippen LogP contribution in [0.25, 0.3) is 0 Å². The molecule has 2 aromatic carbocycles. The van der Waals surface area contributed by atoms with Crippen molar-refractivity contribution in [3.05, 3.63) is 70.7 Å². The average Bonchev–Trinajstić information content (AvgIpc) is 2.67. The number of halogens is 1. The molecule has 0 aliphatic carbocycles. The molecular formula is C19H19ClN2O4. The van der Waals surface area contributed by atoms with Crippen LogP contribution in [0, 0.1) is 0 Å². The number of carbonyl (C=O) groups is 3. The summed E-state index contributed by atoms with van der Waals surface area (Å²) in [6, 6.07) is 14.7. The number of rotatable bonds is 7. The first-order chi connectivity index (χ1) is 12.5. The van der Waals surface area contributed by atoms with Gasteiger partial charge in [-0.05, 0) is 23.8 Å². The van der Waals surface area contributed by atoms with E-state index in [4.69, 9.17) is 16.3 Å². The fourth-order valence-electron chi connectivity index (χ4n) is 2.32. The third-order valence-electron chi connectivity index (χ3n) is 3.65. The van der Waals surface area contributed by atoms with Gasteiger partial charge in [0.25, 0.3) is 5.91 Å². The standard InChI is InChI=1S/C19H19ClN2O4/c1-26-19(25)16(11-14-9-5-6-10-15(14)20)22-17(23)12-21-18(24)13-7-3-2-4-8-13/h2-10,16H,11-12H2,1H3,(H,21,24)(H,22,23)/t16-/m0/s1. The molecule has 2 N–H and O–H groups in total. The van der Waals surface area contributed by atoms with Crippen molar-refractivity contribution in [3.8, 4) is 0 Å². The monoisotopic (exact) mass is 374 g/mol. The maximum atomic E-state index is 12.1. The summed E-state index contributed by atoms with van der Waals surface area (Å²) in [5.41, 5.74) is 1.15. The average molecular weight is 375 g/mol. The Kier molecular flexibility index (Phi) is 7.17. The Hall–Kier alpha value is -2.86. The Balaban J connectivity index is 1.95. The van der Waals surface area contributed by atoms with Crippen LogP contribution >= 0.6 is 11.6 Å². The second kappa shape index (κ2) is 9.58. The Morgan fingerprint density at radius 3 is 2.35 bits per heavy atom. The van der Waals surface area contributed by atoms with Gasteiger partial charge in [0.2, 0.25) is 5.91 Å². The number of esters is 1. The molecule has 1 atom stereocenters. The Morgan fingerprint density at radius 1 is 1.04 bits per heavy atom. The van der Waals surface area contributed by atoms with Crippen LogP contribution in [-0.4, -0.2) is 37.5 Å². The van der Waals surface area contributed by atoms with Gasteiger partial charge in [0.1, 0.15) is 6.04 Å². The molecule has 0 aliphatic rings. The van der Waals surface area contributed by atoms with Gasteiger partial charge in [-0.15, -0.1) is 0 Å². The highest BCUT2D eigenvalue weighted by Gasteiger charge is 2.23. The molecule has 0 radical (unpaired) electrons. The maximum absolute atomic E-state index is 12.1. The van der Waals surface area contributed by atoms with E-state index in [0.29, 0.717) is 16.1 Å². The van der Waals surface area contributed by atoms with Crippen molar-refractivity contribution in [2.24, 2.45) is 0 Å². The number of hydrogen-bond donors (Lipinski definition) is 2. The first kappa shape index (κ1) is 19.5. The van der Waals surface area contributed by atoms with Gasteiger partial charge in [0.15, 0.2) is 0 Å². The van der Waals surface area contributed by atoms with Gasteiger partial charge in [0, 0.05) is 17.0 Å². The summed E-state index contributed by atoms with van der Waals surface area (Å²) >= 11 is 6.10. The molecule has 136 valence electrons. The number of amides is 2. The van der Waals surface area contributed by atoms with E-state index in [1.165, 1.54) is 7.11 Å². The van der Waals surface area contributed by atoms with Gasteiger partial charge in [-0.25, -0.2) is 4.79 Å². The van der Waals surface area contributed by atoms with E-state index in [9.17, 15) is 14.4 Å². The zero-order valence-electron chi connectivity index (χ0n) is 14.2. The number of hydrogen-bond acceptors (Lipinski definition) is 4. The Labute approximate surface area is 156 Å². The molecule has 2 amide bonds. The summed E-state index contributed by atoms with van der Waals surface area (Å²) in [5.74, 6) is -1.47. The molecule has 2 rings (SSSR count). The van der Waals surface area contributed by atoms with Crippen molar-refractivity contribution in [1.82, 2.24) is 10.6 Å². The van der Waals surface area contributed by atoms with Gasteiger partial charge in [-0.1, -0.05) is 48.0 Å². The van der Waals surface area contributed by atoms with E-state index in [-0.39, 0.29) is 18.9 Å². The second-order valence-corrected chi connectivity index (χ2v) is 5.89. The molecule has 0 heterocycles. The van der Waals surface area contributed by atoms with Crippen LogP contribution in [0.3, 0.4) is 0 Å². The van der Waals surface area contributed by atoms with Gasteiger partial charge in [-0.3, -0.25) is 9.59 Å². The fraction of sp³-hybridized carbons (Fsp3) is 0.211. The molecule has 0 spiro atoms. The predicted molar refractivity (Wildman–Crippen MR) is 97.9 cm³/mol. The van der Waals surface area contributed by atoms with E-state index in [1.54, 1.807) is 54.6 Å². The zero-order chi connectivity index (χ0) is 18.9. The van der Waals surface area contributed by atoms with E-state index in [1.807, 2.05) is 0 Å². The largest absolute Gasteiger partial charge is 0.467 e. The number of ether oxygens (including phenoxy) is 1. The first-order valence-corrected chi connectivity index (χ1v) is 8.33. The van der Waals surface area contributed by atoms with E-state index < -0.39 is 17.9 Å². The molecule has 7 heteroatoms. The van der Waals surface area contributed by atoms with E-state index >= 15 is 0 Å². The number of benzene rings is 2. The molecule has 6 nitrogen and oxygen atoms in total. The quantitative estimate of drug-likeness (QED) is 0.726. The van der Waals surface area contributed by atoms with E-state index in [0.717, 1.165) is 0 Å². The van der Waals surface area contributed by atoms with Crippen LogP contribution < -0.4 is 10.6 Å². The minimum Gasteiger partial charge on any atom is -0.467 e. The predicted octanol–water partition coefficient (Wildman–Crippen LogP) is 1.97. The summed E-state index contributed by atoms with van der Waals surface area (Å²) in [5, 5.41) is 5.56. The van der Waals surface area contributed by atoms with Crippen LogP contribution in [0.2, 0.25) is 5.02 Å². The third kappa shape index (κ3) is 5.60. The van der Waals surface area contributed by atoms with Crippen LogP contribution in [0.1, 0.15) is 15.9 Å². The minimum absolute atomic E-state index is 0.185. The molecular weight excluding hydrogens is 356 g/mol. The van der Waals surface area contributed by atoms with Gasteiger partial charge < -0.3 is 15.4 Å². The lowest BCUT2D eigenvalue weighted by Gasteiger charge is -2.17. The summed E-state index contributed by atoms with van der Waals surface area (Å²) in [6.07, 6.45) is 0.185. The Morgan fingerprint density at radius 2 is 1.69 bits per heavy atom. The van der Waals surface area contributed by atoms with Crippen molar-refractivity contribution in [1.29, 1.82) is 0 Å². The zero-order valence-corrected chi connectivity index (χ0v) is 15.0. The van der Waals surface area contributed by atoms with Gasteiger partial charge in [-0.2, -0.15) is 0 Å². The van der Waals surface area contributed by atoms with Crippen molar-refractivity contribution in [2.45, 2.75) is 12.5 Å². The number of carbonyl (C=O) groups excluding carboxylic acids is 3. The molecule has 2 aromatic rings. The van der Waals surface area contributed by atoms with Crippen molar-refractivity contribution in [2.75, 3.05) is 13.7 Å². The molecule has 0 fully saturated rings. The normalized spacial score (nSPS) is 11.3. The highest BCUT2D eigenvalue weighted by molar-refractivity contribution is 6.31. The van der Waals surface area contributed by atoms with Crippen LogP contribution in [0.5, 0.6) is 0 Å². The minimum atomic E-state index is -0.902. The molecule has 0 saturated carbocycles. The van der Waals surface area contributed by atoms with Crippen LogP contribution in [-0.2, 0) is 20.7 Å². The molecule has 0 saturated heterocycles. The molecule has 0 unspecified atom stereocenters. The second-order valence-electron chi connectivity index (χ2n) is 5.49. The fourth-order valence-corrected chi connectivity index (χ4v) is 2.53. The topological polar surface area (TPSA) is 84.5 Å². The summed E-state index contributed by atoms with van der Waals surface area (Å²) < 4.78 is 4.74. The lowest BCUT2D eigenvalue weighted by Crippen LogP contribution is -2.47. The SMILES string of the molecule is COC(=O)[C@H](Cc1ccccc1Cl)NC(=O)CNC(=O)c1ccccc1. The third-order valence-corrected chi connectivity index (χ3v) is 4.02. The number of methoxy groups -OCH3 is 1. The molecule has 26 heavy (non-hydrogen) atoms. The maximum Gasteiger partial charge on any atom is 0.328 e. The number of nitrogens with one attached hydrogen (secondary N) is 2. The van der Waals surface area contributed by atoms with Gasteiger partial charge >= 0.3 is 5.97 Å². The van der Waals surface area contributed by atoms with Gasteiger partial charge in [0.05, 0.1) is 13.7 Å². The van der Waals surface area contributed by atoms with Crippen molar-refractivity contribution in [3.63, 3.8) is 0 Å². The van der Waals surface area contributed by atoms with Crippen molar-refractivity contribution < 1.29 is 19.1 Å². The van der Waals surface area contributed by atoms with E-state index in [2.05, 4.69) is 10.6 Å². The summed E-state index contributed by atoms with van der Waals surface area (Å²) in [7, 11) is 1.24.